The molecular weight excluding hydrogens is 360 g/mol. The Morgan fingerprint density at radius 1 is 1.00 bits per heavy atom. The first-order chi connectivity index (χ1) is 13.4. The summed E-state index contributed by atoms with van der Waals surface area (Å²) in [7, 11) is 4.92. The second-order valence-electron chi connectivity index (χ2n) is 6.38. The van der Waals surface area contributed by atoms with Crippen molar-refractivity contribution in [2.24, 2.45) is 14.1 Å². The Morgan fingerprint density at radius 3 is 2.46 bits per heavy atom. The van der Waals surface area contributed by atoms with Gasteiger partial charge in [-0.3, -0.25) is 18.7 Å². The van der Waals surface area contributed by atoms with Gasteiger partial charge in [-0.1, -0.05) is 18.2 Å². The second kappa shape index (κ2) is 7.99. The quantitative estimate of drug-likeness (QED) is 0.648. The van der Waals surface area contributed by atoms with Crippen LogP contribution in [-0.4, -0.2) is 34.6 Å². The van der Waals surface area contributed by atoms with Crippen LogP contribution in [0.25, 0.3) is 11.0 Å². The van der Waals surface area contributed by atoms with Gasteiger partial charge in [0.1, 0.15) is 5.75 Å². The number of aromatic nitrogens is 2. The molecule has 146 valence electrons. The number of anilines is 1. The lowest BCUT2D eigenvalue weighted by Gasteiger charge is -2.09. The lowest BCUT2D eigenvalue weighted by Crippen LogP contribution is -2.36. The minimum absolute atomic E-state index is 0.160. The number of nitrogens with zero attached hydrogens (tertiary/aromatic N) is 2. The molecule has 0 aliphatic rings. The summed E-state index contributed by atoms with van der Waals surface area (Å²) in [5, 5.41) is 5.16. The molecule has 0 unspecified atom stereocenters. The molecule has 8 heteroatoms. The van der Waals surface area contributed by atoms with E-state index in [9.17, 15) is 14.4 Å². The van der Waals surface area contributed by atoms with Crippen molar-refractivity contribution in [3.05, 3.63) is 58.5 Å². The summed E-state index contributed by atoms with van der Waals surface area (Å²) in [6.07, 6.45) is 0.543. The van der Waals surface area contributed by atoms with Crippen LogP contribution in [0.15, 0.2) is 47.3 Å². The minimum Gasteiger partial charge on any atom is -0.496 e. The average Bonchev–Trinajstić information content (AvgIpc) is 2.92. The summed E-state index contributed by atoms with van der Waals surface area (Å²) < 4.78 is 8.27. The third kappa shape index (κ3) is 3.75. The zero-order valence-corrected chi connectivity index (χ0v) is 16.0. The Morgan fingerprint density at radius 2 is 1.71 bits per heavy atom. The third-order valence-corrected chi connectivity index (χ3v) is 4.61. The van der Waals surface area contributed by atoms with Crippen molar-refractivity contribution >= 4 is 28.5 Å². The van der Waals surface area contributed by atoms with Crippen LogP contribution in [0.3, 0.4) is 0 Å². The van der Waals surface area contributed by atoms with Gasteiger partial charge in [0, 0.05) is 26.3 Å². The highest BCUT2D eigenvalue weighted by Gasteiger charge is 2.15. The molecule has 2 N–H and O–H groups in total. The fraction of sp³-hybridized carbons (Fsp3) is 0.250. The number of nitrogens with one attached hydrogen (secondary N) is 2. The van der Waals surface area contributed by atoms with E-state index in [0.717, 1.165) is 16.8 Å². The number of methoxy groups -OCH3 is 1. The molecule has 0 saturated carbocycles. The van der Waals surface area contributed by atoms with Crippen molar-refractivity contribution in [1.82, 2.24) is 14.5 Å². The van der Waals surface area contributed by atoms with E-state index >= 15 is 0 Å². The fourth-order valence-electron chi connectivity index (χ4n) is 3.07. The zero-order valence-electron chi connectivity index (χ0n) is 16.0. The molecule has 0 fully saturated rings. The Hall–Kier alpha value is -3.55. The molecule has 0 radical (unpaired) electrons. The number of benzene rings is 2. The highest BCUT2D eigenvalue weighted by atomic mass is 16.5. The van der Waals surface area contributed by atoms with Gasteiger partial charge in [0.15, 0.2) is 0 Å². The topological polar surface area (TPSA) is 94.4 Å². The van der Waals surface area contributed by atoms with E-state index < -0.39 is 11.8 Å². The highest BCUT2D eigenvalue weighted by Crippen LogP contribution is 2.18. The fourth-order valence-corrected chi connectivity index (χ4v) is 3.07. The van der Waals surface area contributed by atoms with Crippen LogP contribution in [0.4, 0.5) is 5.69 Å². The van der Waals surface area contributed by atoms with Gasteiger partial charge in [-0.25, -0.2) is 4.79 Å². The third-order valence-electron chi connectivity index (χ3n) is 4.61. The van der Waals surface area contributed by atoms with E-state index in [1.54, 1.807) is 39.4 Å². The first-order valence-corrected chi connectivity index (χ1v) is 8.79. The van der Waals surface area contributed by atoms with Crippen molar-refractivity contribution in [2.45, 2.75) is 6.42 Å². The number of fused-ring (bicyclic) bond motifs is 1. The van der Waals surface area contributed by atoms with Crippen molar-refractivity contribution in [3.63, 3.8) is 0 Å². The highest BCUT2D eigenvalue weighted by molar-refractivity contribution is 6.39. The summed E-state index contributed by atoms with van der Waals surface area (Å²) >= 11 is 0. The largest absolute Gasteiger partial charge is 0.496 e. The van der Waals surface area contributed by atoms with Gasteiger partial charge in [0.05, 0.1) is 18.1 Å². The monoisotopic (exact) mass is 382 g/mol. The summed E-state index contributed by atoms with van der Waals surface area (Å²) in [4.78, 5) is 36.2. The van der Waals surface area contributed by atoms with E-state index in [0.29, 0.717) is 24.2 Å². The molecule has 28 heavy (non-hydrogen) atoms. The molecule has 2 aromatic carbocycles. The van der Waals surface area contributed by atoms with Crippen LogP contribution in [0, 0.1) is 0 Å². The Balaban J connectivity index is 1.61. The number of amides is 2. The number of ether oxygens (including phenoxy) is 1. The lowest BCUT2D eigenvalue weighted by molar-refractivity contribution is -0.136. The number of carbonyl (C=O) groups excluding carboxylic acids is 2. The molecule has 0 saturated heterocycles. The number of rotatable bonds is 5. The van der Waals surface area contributed by atoms with E-state index in [1.807, 2.05) is 24.3 Å². The van der Waals surface area contributed by atoms with Crippen LogP contribution >= 0.6 is 0 Å². The number of imidazole rings is 1. The van der Waals surface area contributed by atoms with Gasteiger partial charge in [0.25, 0.3) is 0 Å². The lowest BCUT2D eigenvalue weighted by atomic mass is 10.1. The molecule has 8 nitrogen and oxygen atoms in total. The van der Waals surface area contributed by atoms with Gasteiger partial charge in [-0.05, 0) is 36.2 Å². The van der Waals surface area contributed by atoms with E-state index in [2.05, 4.69) is 10.6 Å². The van der Waals surface area contributed by atoms with E-state index in [-0.39, 0.29) is 5.69 Å². The molecular formula is C20H22N4O4. The van der Waals surface area contributed by atoms with Crippen molar-refractivity contribution in [2.75, 3.05) is 19.0 Å². The van der Waals surface area contributed by atoms with Gasteiger partial charge in [-0.2, -0.15) is 0 Å². The van der Waals surface area contributed by atoms with Crippen LogP contribution in [0.2, 0.25) is 0 Å². The van der Waals surface area contributed by atoms with E-state index in [1.165, 1.54) is 9.13 Å². The molecule has 3 aromatic rings. The standard InChI is InChI=1S/C20H22N4O4/c1-23-15-9-8-14(12-16(15)24(2)20(23)27)22-19(26)18(25)21-11-10-13-6-4-5-7-17(13)28-3/h4-9,12H,10-11H2,1-3H3,(H,21,25)(H,22,26). The molecule has 0 aliphatic carbocycles. The minimum atomic E-state index is -0.764. The normalized spacial score (nSPS) is 10.7. The average molecular weight is 382 g/mol. The summed E-state index contributed by atoms with van der Waals surface area (Å²) in [5.41, 5.74) is 2.64. The predicted molar refractivity (Wildman–Crippen MR) is 106 cm³/mol. The van der Waals surface area contributed by atoms with Gasteiger partial charge < -0.3 is 15.4 Å². The van der Waals surface area contributed by atoms with Crippen LogP contribution < -0.4 is 21.1 Å². The first-order valence-electron chi connectivity index (χ1n) is 8.79. The number of carbonyl (C=O) groups is 2. The van der Waals surface area contributed by atoms with Crippen LogP contribution in [-0.2, 0) is 30.1 Å². The number of aryl methyl sites for hydroxylation is 2. The van der Waals surface area contributed by atoms with Gasteiger partial charge >= 0.3 is 17.5 Å². The molecule has 3 rings (SSSR count). The van der Waals surface area contributed by atoms with Gasteiger partial charge in [0.2, 0.25) is 0 Å². The molecule has 0 aliphatic heterocycles. The maximum Gasteiger partial charge on any atom is 0.328 e. The maximum atomic E-state index is 12.1. The van der Waals surface area contributed by atoms with Crippen molar-refractivity contribution < 1.29 is 14.3 Å². The smallest absolute Gasteiger partial charge is 0.328 e. The zero-order chi connectivity index (χ0) is 20.3. The molecule has 1 heterocycles. The SMILES string of the molecule is COc1ccccc1CCNC(=O)C(=O)Nc1ccc2c(c1)n(C)c(=O)n2C. The first kappa shape index (κ1) is 19.2. The number of para-hydroxylation sites is 1. The Kier molecular flexibility index (Phi) is 5.49. The molecule has 0 bridgehead atoms. The predicted octanol–water partition coefficient (Wildman–Crippen LogP) is 1.18. The summed E-state index contributed by atoms with van der Waals surface area (Å²) in [6, 6.07) is 12.6. The van der Waals surface area contributed by atoms with Crippen molar-refractivity contribution in [3.8, 4) is 5.75 Å². The molecule has 2 amide bonds. The number of hydrogen-bond donors (Lipinski definition) is 2. The van der Waals surface area contributed by atoms with Crippen molar-refractivity contribution in [1.29, 1.82) is 0 Å². The molecule has 1 aromatic heterocycles. The van der Waals surface area contributed by atoms with E-state index in [4.69, 9.17) is 4.74 Å². The molecule has 0 spiro atoms. The maximum absolute atomic E-state index is 12.1. The second-order valence-corrected chi connectivity index (χ2v) is 6.38. The summed E-state index contributed by atoms with van der Waals surface area (Å²) in [5.74, 6) is -0.750. The van der Waals surface area contributed by atoms with Gasteiger partial charge in [-0.15, -0.1) is 0 Å². The van der Waals surface area contributed by atoms with Crippen LogP contribution in [0.1, 0.15) is 5.56 Å². The Bertz CT molecular complexity index is 1100. The molecule has 0 atom stereocenters. The Labute approximate surface area is 161 Å². The summed E-state index contributed by atoms with van der Waals surface area (Å²) in [6.45, 7) is 0.304. The number of hydrogen-bond acceptors (Lipinski definition) is 4. The van der Waals surface area contributed by atoms with Crippen LogP contribution in [0.5, 0.6) is 5.75 Å².